The maximum Gasteiger partial charge on any atom is 0.168 e. The SMILES string of the molecule is O=C1C(c2ccc(Cl)cc2)=C(c2ccc(Cl)cc2)[C@H]2[C@@H]1[C@@H]1C=C[C@H]2C1. The molecule has 1 saturated carbocycles. The molecule has 0 N–H and O–H groups in total. The summed E-state index contributed by atoms with van der Waals surface area (Å²) < 4.78 is 0. The molecule has 2 aromatic rings. The molecular formula is C22H16Cl2O. The normalized spacial score (nSPS) is 29.6. The molecule has 2 aromatic carbocycles. The van der Waals surface area contributed by atoms with Gasteiger partial charge in [0.15, 0.2) is 5.78 Å². The molecule has 0 spiro atoms. The molecule has 2 bridgehead atoms. The average molecular weight is 367 g/mol. The molecule has 5 rings (SSSR count). The molecule has 0 heterocycles. The van der Waals surface area contributed by atoms with Gasteiger partial charge in [-0.3, -0.25) is 4.79 Å². The monoisotopic (exact) mass is 366 g/mol. The Labute approximate surface area is 157 Å². The summed E-state index contributed by atoms with van der Waals surface area (Å²) in [5.41, 5.74) is 4.13. The smallest absolute Gasteiger partial charge is 0.168 e. The number of allylic oxidation sites excluding steroid dienone is 4. The minimum absolute atomic E-state index is 0.0892. The number of hydrogen-bond donors (Lipinski definition) is 0. The second kappa shape index (κ2) is 5.59. The lowest BCUT2D eigenvalue weighted by Crippen LogP contribution is -2.21. The summed E-state index contributed by atoms with van der Waals surface area (Å²) >= 11 is 12.1. The van der Waals surface area contributed by atoms with Gasteiger partial charge in [-0.25, -0.2) is 0 Å². The van der Waals surface area contributed by atoms with Crippen molar-refractivity contribution in [2.24, 2.45) is 23.7 Å². The van der Waals surface area contributed by atoms with E-state index in [2.05, 4.69) is 12.2 Å². The van der Waals surface area contributed by atoms with E-state index in [1.165, 1.54) is 5.57 Å². The Morgan fingerprint density at radius 2 is 1.24 bits per heavy atom. The minimum Gasteiger partial charge on any atom is -0.294 e. The van der Waals surface area contributed by atoms with Crippen molar-refractivity contribution in [3.63, 3.8) is 0 Å². The lowest BCUT2D eigenvalue weighted by atomic mass is 9.80. The van der Waals surface area contributed by atoms with E-state index in [0.717, 1.165) is 23.1 Å². The third kappa shape index (κ3) is 2.26. The first-order valence-electron chi connectivity index (χ1n) is 8.62. The van der Waals surface area contributed by atoms with Crippen LogP contribution in [0.4, 0.5) is 0 Å². The van der Waals surface area contributed by atoms with Gasteiger partial charge in [0, 0.05) is 27.5 Å². The summed E-state index contributed by atoms with van der Waals surface area (Å²) in [5.74, 6) is 1.51. The van der Waals surface area contributed by atoms with Crippen LogP contribution in [0, 0.1) is 23.7 Å². The summed E-state index contributed by atoms with van der Waals surface area (Å²) in [4.78, 5) is 13.4. The van der Waals surface area contributed by atoms with Gasteiger partial charge in [0.1, 0.15) is 0 Å². The van der Waals surface area contributed by atoms with Gasteiger partial charge in [0.25, 0.3) is 0 Å². The van der Waals surface area contributed by atoms with Crippen LogP contribution in [0.3, 0.4) is 0 Å². The number of fused-ring (bicyclic) bond motifs is 5. The second-order valence-corrected chi connectivity index (χ2v) is 8.04. The fraction of sp³-hybridized carbons (Fsp3) is 0.227. The van der Waals surface area contributed by atoms with E-state index in [1.807, 2.05) is 48.5 Å². The van der Waals surface area contributed by atoms with Gasteiger partial charge in [0.2, 0.25) is 0 Å². The molecule has 3 aliphatic rings. The standard InChI is InChI=1S/C22H16Cl2O/c23-16-7-3-12(4-8-16)18-19-14-1-2-15(11-14)21(19)22(25)20(18)13-5-9-17(24)10-6-13/h1-10,14-15,19,21H,11H2/t14-,15+,19-,21-/m0/s1. The van der Waals surface area contributed by atoms with Crippen LogP contribution in [0.15, 0.2) is 60.7 Å². The molecule has 0 saturated heterocycles. The van der Waals surface area contributed by atoms with Crippen molar-refractivity contribution >= 4 is 40.1 Å². The number of hydrogen-bond acceptors (Lipinski definition) is 1. The number of Topliss-reactive ketones (excluding diaryl/α,β-unsaturated/α-hetero) is 1. The van der Waals surface area contributed by atoms with E-state index < -0.39 is 0 Å². The highest BCUT2D eigenvalue weighted by atomic mass is 35.5. The van der Waals surface area contributed by atoms with E-state index in [9.17, 15) is 4.79 Å². The Kier molecular flexibility index (Phi) is 3.45. The highest BCUT2D eigenvalue weighted by Gasteiger charge is 2.55. The van der Waals surface area contributed by atoms with Crippen LogP contribution in [-0.2, 0) is 4.79 Å². The number of halogens is 2. The molecule has 4 atom stereocenters. The van der Waals surface area contributed by atoms with E-state index in [1.54, 1.807) is 0 Å². The molecule has 25 heavy (non-hydrogen) atoms. The molecule has 0 amide bonds. The number of benzene rings is 2. The van der Waals surface area contributed by atoms with Crippen molar-refractivity contribution < 1.29 is 4.79 Å². The second-order valence-electron chi connectivity index (χ2n) is 7.17. The van der Waals surface area contributed by atoms with Crippen LogP contribution < -0.4 is 0 Å². The van der Waals surface area contributed by atoms with Gasteiger partial charge >= 0.3 is 0 Å². The Balaban J connectivity index is 1.73. The maximum atomic E-state index is 13.4. The van der Waals surface area contributed by atoms with Crippen LogP contribution in [0.2, 0.25) is 10.0 Å². The van der Waals surface area contributed by atoms with E-state index in [-0.39, 0.29) is 17.6 Å². The number of carbonyl (C=O) groups excluding carboxylic acids is 1. The third-order valence-electron chi connectivity index (χ3n) is 5.90. The molecule has 0 radical (unpaired) electrons. The summed E-state index contributed by atoms with van der Waals surface area (Å²) in [6.45, 7) is 0. The number of ketones is 1. The van der Waals surface area contributed by atoms with Gasteiger partial charge in [0.05, 0.1) is 0 Å². The molecule has 3 aliphatic carbocycles. The van der Waals surface area contributed by atoms with Crippen LogP contribution in [0.5, 0.6) is 0 Å². The Hall–Kier alpha value is -1.83. The Morgan fingerprint density at radius 1 is 0.720 bits per heavy atom. The van der Waals surface area contributed by atoms with Gasteiger partial charge in [-0.2, -0.15) is 0 Å². The van der Waals surface area contributed by atoms with E-state index in [4.69, 9.17) is 23.2 Å². The highest BCUT2D eigenvalue weighted by molar-refractivity contribution is 6.34. The van der Waals surface area contributed by atoms with E-state index in [0.29, 0.717) is 21.9 Å². The topological polar surface area (TPSA) is 17.1 Å². The minimum atomic E-state index is 0.0892. The summed E-state index contributed by atoms with van der Waals surface area (Å²) in [6.07, 6.45) is 5.65. The molecule has 0 aliphatic heterocycles. The van der Waals surface area contributed by atoms with Crippen molar-refractivity contribution in [1.82, 2.24) is 0 Å². The summed E-state index contributed by atoms with van der Waals surface area (Å²) in [6, 6.07) is 15.5. The van der Waals surface area contributed by atoms with Crippen LogP contribution >= 0.6 is 23.2 Å². The zero-order valence-corrected chi connectivity index (χ0v) is 15.0. The molecule has 1 fully saturated rings. The van der Waals surface area contributed by atoms with Crippen molar-refractivity contribution in [3.05, 3.63) is 81.9 Å². The van der Waals surface area contributed by atoms with Crippen molar-refractivity contribution in [2.75, 3.05) is 0 Å². The number of carbonyl (C=O) groups is 1. The quantitative estimate of drug-likeness (QED) is 0.602. The zero-order valence-electron chi connectivity index (χ0n) is 13.5. The van der Waals surface area contributed by atoms with Gasteiger partial charge in [-0.1, -0.05) is 59.6 Å². The zero-order chi connectivity index (χ0) is 17.1. The Bertz CT molecular complexity index is 922. The predicted molar refractivity (Wildman–Crippen MR) is 102 cm³/mol. The largest absolute Gasteiger partial charge is 0.294 e. The van der Waals surface area contributed by atoms with Crippen molar-refractivity contribution in [3.8, 4) is 0 Å². The lowest BCUT2D eigenvalue weighted by Gasteiger charge is -2.22. The van der Waals surface area contributed by atoms with Gasteiger partial charge in [-0.15, -0.1) is 0 Å². The molecule has 0 unspecified atom stereocenters. The lowest BCUT2D eigenvalue weighted by molar-refractivity contribution is -0.117. The maximum absolute atomic E-state index is 13.4. The van der Waals surface area contributed by atoms with Crippen molar-refractivity contribution in [2.45, 2.75) is 6.42 Å². The van der Waals surface area contributed by atoms with Crippen LogP contribution in [0.25, 0.3) is 11.1 Å². The predicted octanol–water partition coefficient (Wildman–Crippen LogP) is 5.93. The first kappa shape index (κ1) is 15.4. The fourth-order valence-electron chi connectivity index (χ4n) is 4.92. The molecule has 124 valence electrons. The molecular weight excluding hydrogens is 351 g/mol. The summed E-state index contributed by atoms with van der Waals surface area (Å²) in [5, 5.41) is 1.40. The fourth-order valence-corrected chi connectivity index (χ4v) is 5.17. The molecule has 0 aromatic heterocycles. The third-order valence-corrected chi connectivity index (χ3v) is 6.40. The van der Waals surface area contributed by atoms with Crippen LogP contribution in [0.1, 0.15) is 17.5 Å². The van der Waals surface area contributed by atoms with Gasteiger partial charge in [-0.05, 0) is 59.2 Å². The molecule has 3 heteroatoms. The first-order chi connectivity index (χ1) is 12.1. The highest BCUT2D eigenvalue weighted by Crippen LogP contribution is 2.60. The van der Waals surface area contributed by atoms with Gasteiger partial charge < -0.3 is 0 Å². The summed E-state index contributed by atoms with van der Waals surface area (Å²) in [7, 11) is 0. The van der Waals surface area contributed by atoms with Crippen molar-refractivity contribution in [1.29, 1.82) is 0 Å². The first-order valence-corrected chi connectivity index (χ1v) is 9.37. The Morgan fingerprint density at radius 3 is 1.84 bits per heavy atom. The average Bonchev–Trinajstić information content (AvgIpc) is 3.29. The molecule has 1 nitrogen and oxygen atoms in total. The van der Waals surface area contributed by atoms with E-state index >= 15 is 0 Å². The van der Waals surface area contributed by atoms with Crippen LogP contribution in [-0.4, -0.2) is 5.78 Å². The number of rotatable bonds is 2.